The summed E-state index contributed by atoms with van der Waals surface area (Å²) in [6, 6.07) is 6.09. The fraction of sp³-hybridized carbons (Fsp3) is 0.571. The number of likely N-dealkylation sites (tertiary alicyclic amines) is 1. The lowest BCUT2D eigenvalue weighted by Gasteiger charge is -2.29. The van der Waals surface area contributed by atoms with Gasteiger partial charge in [0.1, 0.15) is 0 Å². The third kappa shape index (κ3) is 3.94. The van der Waals surface area contributed by atoms with Crippen LogP contribution in [0.2, 0.25) is 0 Å². The van der Waals surface area contributed by atoms with E-state index in [-0.39, 0.29) is 6.54 Å². The van der Waals surface area contributed by atoms with Crippen LogP contribution in [-0.4, -0.2) is 31.1 Å². The van der Waals surface area contributed by atoms with Gasteiger partial charge in [-0.15, -0.1) is 0 Å². The summed E-state index contributed by atoms with van der Waals surface area (Å²) in [5, 5.41) is 3.24. The first-order valence-electron chi connectivity index (χ1n) is 6.54. The van der Waals surface area contributed by atoms with Gasteiger partial charge in [0, 0.05) is 12.6 Å². The van der Waals surface area contributed by atoms with Crippen molar-refractivity contribution in [1.29, 1.82) is 0 Å². The fourth-order valence-corrected chi connectivity index (χ4v) is 2.42. The van der Waals surface area contributed by atoms with Crippen LogP contribution in [0, 0.1) is 0 Å². The standard InChI is InChI=1S/C14H19F3N2/c1-19-8-6-12(7-9-19)18-10-11-4-2-3-5-13(11)14(15,16)17/h2-5,12,18H,6-10H2,1H3. The number of nitrogens with one attached hydrogen (secondary N) is 1. The molecule has 106 valence electrons. The van der Waals surface area contributed by atoms with Crippen molar-refractivity contribution in [3.05, 3.63) is 35.4 Å². The molecule has 5 heteroatoms. The highest BCUT2D eigenvalue weighted by Crippen LogP contribution is 2.31. The number of hydrogen-bond acceptors (Lipinski definition) is 2. The Morgan fingerprint density at radius 1 is 1.21 bits per heavy atom. The number of rotatable bonds is 3. The molecule has 1 aromatic rings. The maximum Gasteiger partial charge on any atom is 0.416 e. The van der Waals surface area contributed by atoms with Crippen LogP contribution >= 0.6 is 0 Å². The molecule has 0 atom stereocenters. The molecule has 0 aromatic heterocycles. The van der Waals surface area contributed by atoms with E-state index in [0.717, 1.165) is 32.0 Å². The molecule has 0 unspecified atom stereocenters. The molecule has 0 amide bonds. The highest BCUT2D eigenvalue weighted by Gasteiger charge is 2.32. The van der Waals surface area contributed by atoms with Crippen molar-refractivity contribution in [3.8, 4) is 0 Å². The molecule has 1 fully saturated rings. The van der Waals surface area contributed by atoms with Crippen LogP contribution in [0.25, 0.3) is 0 Å². The van der Waals surface area contributed by atoms with Crippen LogP contribution in [0.4, 0.5) is 13.2 Å². The van der Waals surface area contributed by atoms with Crippen molar-refractivity contribution in [2.45, 2.75) is 31.6 Å². The zero-order chi connectivity index (χ0) is 13.9. The van der Waals surface area contributed by atoms with E-state index >= 15 is 0 Å². The SMILES string of the molecule is CN1CCC(NCc2ccccc2C(F)(F)F)CC1. The molecule has 2 nitrogen and oxygen atoms in total. The first kappa shape index (κ1) is 14.3. The Kier molecular flexibility index (Phi) is 4.47. The van der Waals surface area contributed by atoms with Crippen LogP contribution in [-0.2, 0) is 12.7 Å². The molecule has 1 N–H and O–H groups in total. The summed E-state index contributed by atoms with van der Waals surface area (Å²) < 4.78 is 38.5. The predicted molar refractivity (Wildman–Crippen MR) is 68.8 cm³/mol. The molecule has 0 bridgehead atoms. The van der Waals surface area contributed by atoms with E-state index in [1.807, 2.05) is 0 Å². The van der Waals surface area contributed by atoms with E-state index < -0.39 is 11.7 Å². The Morgan fingerprint density at radius 2 is 1.84 bits per heavy atom. The molecular formula is C14H19F3N2. The minimum absolute atomic E-state index is 0.282. The maximum absolute atomic E-state index is 12.8. The molecule has 2 rings (SSSR count). The molecule has 0 radical (unpaired) electrons. The van der Waals surface area contributed by atoms with Crippen molar-refractivity contribution >= 4 is 0 Å². The molecule has 1 aliphatic heterocycles. The van der Waals surface area contributed by atoms with Gasteiger partial charge >= 0.3 is 6.18 Å². The largest absolute Gasteiger partial charge is 0.416 e. The van der Waals surface area contributed by atoms with E-state index in [2.05, 4.69) is 17.3 Å². The molecule has 0 saturated carbocycles. The van der Waals surface area contributed by atoms with E-state index in [4.69, 9.17) is 0 Å². The second-order valence-corrected chi connectivity index (χ2v) is 5.11. The van der Waals surface area contributed by atoms with Gasteiger partial charge < -0.3 is 10.2 Å². The average molecular weight is 272 g/mol. The predicted octanol–water partition coefficient (Wildman–Crippen LogP) is 2.89. The Bertz CT molecular complexity index is 409. The number of nitrogens with zero attached hydrogens (tertiary/aromatic N) is 1. The van der Waals surface area contributed by atoms with Gasteiger partial charge in [-0.05, 0) is 44.6 Å². The molecule has 1 aromatic carbocycles. The monoisotopic (exact) mass is 272 g/mol. The lowest BCUT2D eigenvalue weighted by atomic mass is 10.0. The van der Waals surface area contributed by atoms with Crippen LogP contribution in [0.1, 0.15) is 24.0 Å². The van der Waals surface area contributed by atoms with E-state index in [9.17, 15) is 13.2 Å². The second kappa shape index (κ2) is 5.92. The minimum Gasteiger partial charge on any atom is -0.310 e. The average Bonchev–Trinajstić information content (AvgIpc) is 2.37. The van der Waals surface area contributed by atoms with Crippen molar-refractivity contribution in [1.82, 2.24) is 10.2 Å². The molecule has 0 spiro atoms. The summed E-state index contributed by atoms with van der Waals surface area (Å²) in [5.41, 5.74) is -0.204. The summed E-state index contributed by atoms with van der Waals surface area (Å²) in [5.74, 6) is 0. The smallest absolute Gasteiger partial charge is 0.310 e. The van der Waals surface area contributed by atoms with Gasteiger partial charge in [-0.1, -0.05) is 18.2 Å². The Hall–Kier alpha value is -1.07. The van der Waals surface area contributed by atoms with Crippen LogP contribution < -0.4 is 5.32 Å². The number of alkyl halides is 3. The number of benzene rings is 1. The molecule has 1 aliphatic rings. The van der Waals surface area contributed by atoms with Gasteiger partial charge in [0.05, 0.1) is 5.56 Å². The fourth-order valence-electron chi connectivity index (χ4n) is 2.42. The van der Waals surface area contributed by atoms with Crippen LogP contribution in [0.15, 0.2) is 24.3 Å². The van der Waals surface area contributed by atoms with Crippen LogP contribution in [0.3, 0.4) is 0 Å². The first-order valence-corrected chi connectivity index (χ1v) is 6.54. The minimum atomic E-state index is -4.27. The van der Waals surface area contributed by atoms with Crippen LogP contribution in [0.5, 0.6) is 0 Å². The molecule has 1 saturated heterocycles. The third-order valence-electron chi connectivity index (χ3n) is 3.62. The van der Waals surface area contributed by atoms with Crippen molar-refractivity contribution in [3.63, 3.8) is 0 Å². The molecule has 0 aliphatic carbocycles. The van der Waals surface area contributed by atoms with Gasteiger partial charge in [-0.3, -0.25) is 0 Å². The Balaban J connectivity index is 1.96. The van der Waals surface area contributed by atoms with E-state index in [1.165, 1.54) is 6.07 Å². The topological polar surface area (TPSA) is 15.3 Å². The number of halogens is 3. The Labute approximate surface area is 111 Å². The van der Waals surface area contributed by atoms with Gasteiger partial charge in [0.2, 0.25) is 0 Å². The normalized spacial score (nSPS) is 18.7. The van der Waals surface area contributed by atoms with E-state index in [1.54, 1.807) is 12.1 Å². The molecule has 1 heterocycles. The lowest BCUT2D eigenvalue weighted by molar-refractivity contribution is -0.138. The zero-order valence-corrected chi connectivity index (χ0v) is 11.0. The Morgan fingerprint density at radius 3 is 2.47 bits per heavy atom. The highest BCUT2D eigenvalue weighted by atomic mass is 19.4. The first-order chi connectivity index (χ1) is 8.97. The van der Waals surface area contributed by atoms with Crippen molar-refractivity contribution in [2.75, 3.05) is 20.1 Å². The second-order valence-electron chi connectivity index (χ2n) is 5.11. The highest BCUT2D eigenvalue weighted by molar-refractivity contribution is 5.29. The molecular weight excluding hydrogens is 253 g/mol. The van der Waals surface area contributed by atoms with E-state index in [0.29, 0.717) is 11.6 Å². The number of piperidine rings is 1. The zero-order valence-electron chi connectivity index (χ0n) is 11.0. The van der Waals surface area contributed by atoms with Gasteiger partial charge in [-0.25, -0.2) is 0 Å². The lowest BCUT2D eigenvalue weighted by Crippen LogP contribution is -2.40. The van der Waals surface area contributed by atoms with Gasteiger partial charge in [0.25, 0.3) is 0 Å². The molecule has 19 heavy (non-hydrogen) atoms. The van der Waals surface area contributed by atoms with Crippen molar-refractivity contribution in [2.24, 2.45) is 0 Å². The summed E-state index contributed by atoms with van der Waals surface area (Å²) in [4.78, 5) is 2.24. The number of hydrogen-bond donors (Lipinski definition) is 1. The van der Waals surface area contributed by atoms with Crippen molar-refractivity contribution < 1.29 is 13.2 Å². The van der Waals surface area contributed by atoms with Gasteiger partial charge in [0.15, 0.2) is 0 Å². The summed E-state index contributed by atoms with van der Waals surface area (Å²) >= 11 is 0. The third-order valence-corrected chi connectivity index (χ3v) is 3.62. The quantitative estimate of drug-likeness (QED) is 0.910. The maximum atomic E-state index is 12.8. The van der Waals surface area contributed by atoms with Gasteiger partial charge in [-0.2, -0.15) is 13.2 Å². The summed E-state index contributed by atoms with van der Waals surface area (Å²) in [6.07, 6.45) is -2.29. The summed E-state index contributed by atoms with van der Waals surface area (Å²) in [7, 11) is 2.06. The summed E-state index contributed by atoms with van der Waals surface area (Å²) in [6.45, 7) is 2.28.